The number of Topliss-reactive ketones (excluding diaryl/α,β-unsaturated/α-hetero) is 1. The van der Waals surface area contributed by atoms with Crippen molar-refractivity contribution in [1.29, 1.82) is 5.26 Å². The number of fused-ring (bicyclic) bond motifs is 7. The first kappa shape index (κ1) is 26.0. The molecule has 5 nitrogen and oxygen atoms in total. The minimum absolute atomic E-state index is 0.0148. The van der Waals surface area contributed by atoms with Crippen molar-refractivity contribution in [2.75, 3.05) is 13.1 Å². The Kier molecular flexibility index (Phi) is 5.92. The second-order valence-corrected chi connectivity index (χ2v) is 14.9. The highest BCUT2D eigenvalue weighted by atomic mass is 16.2. The molecule has 0 aromatic heterocycles. The van der Waals surface area contributed by atoms with Gasteiger partial charge in [-0.1, -0.05) is 39.3 Å². The molecule has 0 bridgehead atoms. The van der Waals surface area contributed by atoms with Gasteiger partial charge in [-0.3, -0.25) is 14.4 Å². The summed E-state index contributed by atoms with van der Waals surface area (Å²) >= 11 is 0. The number of carbonyl (C=O) groups is 3. The maximum absolute atomic E-state index is 14.3. The summed E-state index contributed by atoms with van der Waals surface area (Å²) in [5, 5.41) is 9.66. The Balaban J connectivity index is 1.37. The van der Waals surface area contributed by atoms with Crippen molar-refractivity contribution < 1.29 is 14.4 Å². The van der Waals surface area contributed by atoms with Gasteiger partial charge in [0, 0.05) is 37.3 Å². The number of nitriles is 1. The summed E-state index contributed by atoms with van der Waals surface area (Å²) in [6.45, 7) is 11.1. The summed E-state index contributed by atoms with van der Waals surface area (Å²) in [5.74, 6) is 1.33. The lowest BCUT2D eigenvalue weighted by Crippen LogP contribution is -2.59. The molecule has 1 aliphatic heterocycles. The molecule has 204 valence electrons. The fraction of sp³-hybridized carbons (Fsp3) is 0.758. The number of ketones is 2. The van der Waals surface area contributed by atoms with Crippen LogP contribution in [-0.2, 0) is 14.4 Å². The molecule has 0 spiro atoms. The molecule has 6 aliphatic rings. The summed E-state index contributed by atoms with van der Waals surface area (Å²) in [6.07, 6.45) is 14.4. The Morgan fingerprint density at radius 1 is 1.05 bits per heavy atom. The maximum Gasteiger partial charge on any atom is 0.222 e. The molecule has 1 heterocycles. The van der Waals surface area contributed by atoms with E-state index < -0.39 is 5.41 Å². The fourth-order valence-corrected chi connectivity index (χ4v) is 10.0. The van der Waals surface area contributed by atoms with E-state index in [2.05, 4.69) is 33.8 Å². The Morgan fingerprint density at radius 2 is 1.82 bits per heavy atom. The van der Waals surface area contributed by atoms with E-state index in [9.17, 15) is 19.6 Å². The highest BCUT2D eigenvalue weighted by Crippen LogP contribution is 2.69. The molecule has 7 unspecified atom stereocenters. The molecule has 1 amide bonds. The van der Waals surface area contributed by atoms with Crippen LogP contribution in [0.4, 0.5) is 0 Å². The highest BCUT2D eigenvalue weighted by molar-refractivity contribution is 6.01. The van der Waals surface area contributed by atoms with Crippen molar-refractivity contribution in [3.8, 4) is 6.07 Å². The molecule has 6 rings (SSSR count). The average molecular weight is 517 g/mol. The standard InChI is InChI=1S/C33H44N2O3/c1-30(2)12-13-33(11-8-28(38)35-14-5-15-35)10-7-23-29(24(33)19-30)26(37)17-27-31(23,3)9-6-22-16-25(36)21(20-34)18-32(22,27)4/h17-18,22-24,29H,5-16,19H2,1-4H3. The van der Waals surface area contributed by atoms with Gasteiger partial charge in [-0.2, -0.15) is 5.26 Å². The number of rotatable bonds is 3. The van der Waals surface area contributed by atoms with Crippen LogP contribution in [0.25, 0.3) is 0 Å². The minimum Gasteiger partial charge on any atom is -0.343 e. The first-order valence-electron chi connectivity index (χ1n) is 15.1. The third-order valence-electron chi connectivity index (χ3n) is 12.5. The van der Waals surface area contributed by atoms with E-state index in [0.717, 1.165) is 64.5 Å². The first-order valence-corrected chi connectivity index (χ1v) is 15.1. The van der Waals surface area contributed by atoms with Gasteiger partial charge in [0.05, 0.1) is 5.57 Å². The molecule has 4 fully saturated rings. The molecule has 0 aromatic rings. The van der Waals surface area contributed by atoms with Gasteiger partial charge in [0.25, 0.3) is 0 Å². The van der Waals surface area contributed by atoms with Crippen LogP contribution >= 0.6 is 0 Å². The Hall–Kier alpha value is -2.22. The van der Waals surface area contributed by atoms with Crippen LogP contribution in [0.2, 0.25) is 0 Å². The minimum atomic E-state index is -0.406. The molecular formula is C33H44N2O3. The van der Waals surface area contributed by atoms with Gasteiger partial charge in [-0.25, -0.2) is 0 Å². The van der Waals surface area contributed by atoms with Crippen LogP contribution in [0.15, 0.2) is 23.3 Å². The first-order chi connectivity index (χ1) is 17.9. The van der Waals surface area contributed by atoms with Gasteiger partial charge in [-0.15, -0.1) is 0 Å². The number of amides is 1. The normalized spacial score (nSPS) is 43.3. The molecule has 0 radical (unpaired) electrons. The molecule has 38 heavy (non-hydrogen) atoms. The average Bonchev–Trinajstić information content (AvgIpc) is 2.83. The van der Waals surface area contributed by atoms with E-state index >= 15 is 0 Å². The SMILES string of the molecule is CC1(C)CCC2(CCC(=O)N3CCC3)CCC3C(C(=O)C=C4C5(C)C=C(C#N)C(=O)CC5CCC43C)C2C1. The number of hydrogen-bond donors (Lipinski definition) is 0. The second-order valence-electron chi connectivity index (χ2n) is 14.9. The van der Waals surface area contributed by atoms with Crippen LogP contribution in [0, 0.1) is 56.7 Å². The lowest BCUT2D eigenvalue weighted by atomic mass is 9.39. The molecule has 5 aliphatic carbocycles. The lowest BCUT2D eigenvalue weighted by Gasteiger charge is -2.64. The molecule has 3 saturated carbocycles. The van der Waals surface area contributed by atoms with Gasteiger partial charge < -0.3 is 4.90 Å². The summed E-state index contributed by atoms with van der Waals surface area (Å²) in [5.41, 5.74) is 1.25. The second kappa shape index (κ2) is 8.64. The zero-order chi connectivity index (χ0) is 27.1. The Bertz CT molecular complexity index is 1190. The van der Waals surface area contributed by atoms with Crippen LogP contribution in [0.5, 0.6) is 0 Å². The third kappa shape index (κ3) is 3.72. The van der Waals surface area contributed by atoms with Gasteiger partial charge in [0.1, 0.15) is 6.07 Å². The summed E-state index contributed by atoms with van der Waals surface area (Å²) in [7, 11) is 0. The maximum atomic E-state index is 14.3. The van der Waals surface area contributed by atoms with Crippen LogP contribution in [0.3, 0.4) is 0 Å². The Morgan fingerprint density at radius 3 is 2.50 bits per heavy atom. The van der Waals surface area contributed by atoms with Crippen LogP contribution in [0.1, 0.15) is 98.3 Å². The topological polar surface area (TPSA) is 78.2 Å². The molecule has 1 saturated heterocycles. The van der Waals surface area contributed by atoms with E-state index in [0.29, 0.717) is 30.6 Å². The van der Waals surface area contributed by atoms with Crippen LogP contribution in [-0.4, -0.2) is 35.5 Å². The van der Waals surface area contributed by atoms with Crippen LogP contribution < -0.4 is 0 Å². The smallest absolute Gasteiger partial charge is 0.222 e. The number of nitrogens with zero attached hydrogens (tertiary/aromatic N) is 2. The van der Waals surface area contributed by atoms with E-state index in [1.807, 2.05) is 17.1 Å². The summed E-state index contributed by atoms with van der Waals surface area (Å²) in [4.78, 5) is 41.7. The van der Waals surface area contributed by atoms with Crippen molar-refractivity contribution in [3.63, 3.8) is 0 Å². The highest BCUT2D eigenvalue weighted by Gasteiger charge is 2.63. The number of carbonyl (C=O) groups excluding carboxylic acids is 3. The Labute approximate surface area is 228 Å². The number of allylic oxidation sites excluding steroid dienone is 4. The van der Waals surface area contributed by atoms with E-state index in [4.69, 9.17) is 0 Å². The van der Waals surface area contributed by atoms with Crippen molar-refractivity contribution >= 4 is 17.5 Å². The van der Waals surface area contributed by atoms with Crippen molar-refractivity contribution in [3.05, 3.63) is 23.3 Å². The van der Waals surface area contributed by atoms with E-state index in [-0.39, 0.29) is 45.2 Å². The van der Waals surface area contributed by atoms with E-state index in [1.165, 1.54) is 12.0 Å². The van der Waals surface area contributed by atoms with Crippen molar-refractivity contribution in [1.82, 2.24) is 4.90 Å². The zero-order valence-electron chi connectivity index (χ0n) is 23.8. The fourth-order valence-electron chi connectivity index (χ4n) is 10.0. The molecule has 0 N–H and O–H groups in total. The number of likely N-dealkylation sites (tertiary alicyclic amines) is 1. The molecular weight excluding hydrogens is 472 g/mol. The largest absolute Gasteiger partial charge is 0.343 e. The van der Waals surface area contributed by atoms with Crippen molar-refractivity contribution in [2.24, 2.45) is 45.3 Å². The molecule has 0 aromatic carbocycles. The van der Waals surface area contributed by atoms with Gasteiger partial charge in [0.2, 0.25) is 5.91 Å². The number of hydrogen-bond acceptors (Lipinski definition) is 4. The van der Waals surface area contributed by atoms with Gasteiger partial charge in [-0.05, 0) is 97.9 Å². The monoisotopic (exact) mass is 516 g/mol. The summed E-state index contributed by atoms with van der Waals surface area (Å²) < 4.78 is 0. The lowest BCUT2D eigenvalue weighted by molar-refractivity contribution is -0.149. The predicted octanol–water partition coefficient (Wildman–Crippen LogP) is 6.19. The van der Waals surface area contributed by atoms with E-state index in [1.54, 1.807) is 0 Å². The zero-order valence-corrected chi connectivity index (χ0v) is 23.8. The third-order valence-corrected chi connectivity index (χ3v) is 12.5. The predicted molar refractivity (Wildman–Crippen MR) is 146 cm³/mol. The summed E-state index contributed by atoms with van der Waals surface area (Å²) in [6, 6.07) is 2.15. The molecule has 7 atom stereocenters. The van der Waals surface area contributed by atoms with Gasteiger partial charge in [0.15, 0.2) is 11.6 Å². The molecule has 5 heteroatoms. The van der Waals surface area contributed by atoms with Crippen molar-refractivity contribution in [2.45, 2.75) is 98.3 Å². The quantitative estimate of drug-likeness (QED) is 0.448. The van der Waals surface area contributed by atoms with Gasteiger partial charge >= 0.3 is 0 Å².